The van der Waals surface area contributed by atoms with Crippen LogP contribution in [-0.2, 0) is 32.1 Å². The van der Waals surface area contributed by atoms with Crippen molar-refractivity contribution in [2.24, 2.45) is 11.8 Å². The van der Waals surface area contributed by atoms with E-state index in [0.29, 0.717) is 5.56 Å². The number of carbonyl (C=O) groups is 4. The third-order valence-electron chi connectivity index (χ3n) is 7.75. The smallest absolute Gasteiger partial charge is 0.327 e. The van der Waals surface area contributed by atoms with Gasteiger partial charge in [-0.2, -0.15) is 0 Å². The van der Waals surface area contributed by atoms with E-state index in [0.717, 1.165) is 11.1 Å². The molecule has 200 valence electrons. The van der Waals surface area contributed by atoms with Gasteiger partial charge in [-0.05, 0) is 23.3 Å². The number of nitrogens with zero attached hydrogens (tertiary/aromatic N) is 2. The number of nitrogens with one attached hydrogen (secondary N) is 1. The Morgan fingerprint density at radius 1 is 0.872 bits per heavy atom. The third kappa shape index (κ3) is 4.83. The van der Waals surface area contributed by atoms with Crippen LogP contribution in [-0.4, -0.2) is 65.8 Å². The molecule has 8 heteroatoms. The van der Waals surface area contributed by atoms with Crippen LogP contribution in [0.3, 0.4) is 0 Å². The number of carbonyl (C=O) groups excluding carboxylic acids is 4. The van der Waals surface area contributed by atoms with E-state index in [1.54, 1.807) is 31.3 Å². The zero-order chi connectivity index (χ0) is 27.6. The van der Waals surface area contributed by atoms with Crippen molar-refractivity contribution in [3.8, 4) is 0 Å². The Labute approximate surface area is 227 Å². The number of rotatable bonds is 8. The maximum Gasteiger partial charge on any atom is 0.327 e. The Kier molecular flexibility index (Phi) is 7.30. The van der Waals surface area contributed by atoms with Crippen molar-refractivity contribution in [2.45, 2.75) is 24.5 Å². The fourth-order valence-corrected chi connectivity index (χ4v) is 5.96. The molecule has 3 aromatic carbocycles. The summed E-state index contributed by atoms with van der Waals surface area (Å²) in [6.07, 6.45) is 0.159. The molecule has 8 nitrogen and oxygen atoms in total. The number of imide groups is 1. The monoisotopic (exact) mass is 525 g/mol. The summed E-state index contributed by atoms with van der Waals surface area (Å²) in [5, 5.41) is 3.35. The molecule has 3 amide bonds. The van der Waals surface area contributed by atoms with Crippen molar-refractivity contribution in [3.63, 3.8) is 0 Å². The summed E-state index contributed by atoms with van der Waals surface area (Å²) in [7, 11) is 2.94. The summed E-state index contributed by atoms with van der Waals surface area (Å²) in [4.78, 5) is 57.4. The lowest BCUT2D eigenvalue weighted by Crippen LogP contribution is -2.59. The van der Waals surface area contributed by atoms with Crippen LogP contribution in [0.1, 0.15) is 21.5 Å². The molecule has 5 rings (SSSR count). The first kappa shape index (κ1) is 26.3. The van der Waals surface area contributed by atoms with Gasteiger partial charge in [-0.25, -0.2) is 0 Å². The molecule has 0 unspecified atom stereocenters. The van der Waals surface area contributed by atoms with Crippen LogP contribution in [0, 0.1) is 11.8 Å². The molecule has 0 aromatic heterocycles. The summed E-state index contributed by atoms with van der Waals surface area (Å²) in [5.41, 5.74) is 0.676. The maximum absolute atomic E-state index is 14.0. The lowest BCUT2D eigenvalue weighted by Gasteiger charge is -2.33. The van der Waals surface area contributed by atoms with Crippen LogP contribution < -0.4 is 5.32 Å². The Balaban J connectivity index is 1.53. The Morgan fingerprint density at radius 3 is 2.03 bits per heavy atom. The average Bonchev–Trinajstić information content (AvgIpc) is 3.42. The number of fused-ring (bicyclic) bond motifs is 1. The van der Waals surface area contributed by atoms with Crippen molar-refractivity contribution >= 4 is 23.7 Å². The second-order valence-electron chi connectivity index (χ2n) is 10.2. The van der Waals surface area contributed by atoms with Gasteiger partial charge in [0, 0.05) is 31.6 Å². The molecule has 2 saturated heterocycles. The quantitative estimate of drug-likeness (QED) is 0.359. The first-order valence-corrected chi connectivity index (χ1v) is 13.0. The van der Waals surface area contributed by atoms with Gasteiger partial charge in [0.05, 0.1) is 25.5 Å². The van der Waals surface area contributed by atoms with E-state index in [2.05, 4.69) is 5.32 Å². The molecular weight excluding hydrogens is 494 g/mol. The molecule has 2 aliphatic rings. The van der Waals surface area contributed by atoms with Crippen LogP contribution in [0.25, 0.3) is 0 Å². The number of methoxy groups -OCH3 is 1. The summed E-state index contributed by atoms with van der Waals surface area (Å²) < 4.78 is 5.26. The van der Waals surface area contributed by atoms with Gasteiger partial charge in [-0.15, -0.1) is 0 Å². The molecular formula is C31H31N3O5. The van der Waals surface area contributed by atoms with E-state index in [9.17, 15) is 19.2 Å². The van der Waals surface area contributed by atoms with Gasteiger partial charge >= 0.3 is 5.97 Å². The molecule has 0 spiro atoms. The third-order valence-corrected chi connectivity index (χ3v) is 7.75. The van der Waals surface area contributed by atoms with Crippen LogP contribution in [0.2, 0.25) is 0 Å². The zero-order valence-electron chi connectivity index (χ0n) is 21.9. The minimum Gasteiger partial charge on any atom is -0.468 e. The highest BCUT2D eigenvalue weighted by atomic mass is 16.5. The molecule has 0 aliphatic carbocycles. The lowest BCUT2D eigenvalue weighted by molar-refractivity contribution is -0.154. The second kappa shape index (κ2) is 10.8. The number of likely N-dealkylation sites (N-methyl/N-ethyl adjacent to an activating group) is 1. The highest BCUT2D eigenvalue weighted by Gasteiger charge is 2.68. The van der Waals surface area contributed by atoms with Crippen LogP contribution in [0.15, 0.2) is 91.0 Å². The van der Waals surface area contributed by atoms with E-state index in [1.165, 1.54) is 16.9 Å². The lowest BCUT2D eigenvalue weighted by atomic mass is 9.76. The molecule has 39 heavy (non-hydrogen) atoms. The van der Waals surface area contributed by atoms with E-state index in [4.69, 9.17) is 4.74 Å². The molecule has 1 N–H and O–H groups in total. The van der Waals surface area contributed by atoms with Crippen LogP contribution >= 0.6 is 0 Å². The van der Waals surface area contributed by atoms with E-state index >= 15 is 0 Å². The summed E-state index contributed by atoms with van der Waals surface area (Å²) >= 11 is 0. The minimum atomic E-state index is -1.47. The average molecular weight is 526 g/mol. The van der Waals surface area contributed by atoms with Crippen molar-refractivity contribution in [1.82, 2.24) is 15.1 Å². The van der Waals surface area contributed by atoms with Crippen LogP contribution in [0.5, 0.6) is 0 Å². The first-order chi connectivity index (χ1) is 18.9. The largest absolute Gasteiger partial charge is 0.468 e. The van der Waals surface area contributed by atoms with Crippen molar-refractivity contribution in [2.75, 3.05) is 20.7 Å². The number of esters is 1. The molecule has 2 aliphatic heterocycles. The topological polar surface area (TPSA) is 96.0 Å². The number of amides is 3. The van der Waals surface area contributed by atoms with Gasteiger partial charge in [0.1, 0.15) is 5.54 Å². The minimum absolute atomic E-state index is 0.111. The highest BCUT2D eigenvalue weighted by molar-refractivity contribution is 6.09. The van der Waals surface area contributed by atoms with Crippen molar-refractivity contribution in [3.05, 3.63) is 108 Å². The number of hydrogen-bond donors (Lipinski definition) is 1. The predicted molar refractivity (Wildman–Crippen MR) is 144 cm³/mol. The summed E-state index contributed by atoms with van der Waals surface area (Å²) in [6, 6.07) is 26.8. The van der Waals surface area contributed by atoms with Gasteiger partial charge in [0.2, 0.25) is 11.8 Å². The predicted octanol–water partition coefficient (Wildman–Crippen LogP) is 2.69. The molecule has 0 saturated carbocycles. The fourth-order valence-electron chi connectivity index (χ4n) is 5.96. The van der Waals surface area contributed by atoms with E-state index in [-0.39, 0.29) is 31.3 Å². The number of hydrogen-bond acceptors (Lipinski definition) is 6. The van der Waals surface area contributed by atoms with Gasteiger partial charge in [0.25, 0.3) is 5.91 Å². The first-order valence-electron chi connectivity index (χ1n) is 13.0. The van der Waals surface area contributed by atoms with Gasteiger partial charge < -0.3 is 9.64 Å². The number of likely N-dealkylation sites (tertiary alicyclic amines) is 1. The van der Waals surface area contributed by atoms with Gasteiger partial charge in [-0.1, -0.05) is 78.9 Å². The Bertz CT molecular complexity index is 1360. The number of benzene rings is 3. The summed E-state index contributed by atoms with van der Waals surface area (Å²) in [5.74, 6) is -3.41. The molecule has 2 fully saturated rings. The normalized spacial score (nSPS) is 23.9. The molecule has 4 atom stereocenters. The molecule has 2 heterocycles. The van der Waals surface area contributed by atoms with E-state index in [1.807, 2.05) is 66.7 Å². The van der Waals surface area contributed by atoms with Crippen LogP contribution in [0.4, 0.5) is 0 Å². The van der Waals surface area contributed by atoms with Crippen molar-refractivity contribution < 1.29 is 23.9 Å². The molecule has 0 radical (unpaired) electrons. The second-order valence-corrected chi connectivity index (χ2v) is 10.2. The maximum atomic E-state index is 14.0. The van der Waals surface area contributed by atoms with Crippen molar-refractivity contribution in [1.29, 1.82) is 0 Å². The highest BCUT2D eigenvalue weighted by Crippen LogP contribution is 2.45. The SMILES string of the molecule is COC(=O)[C@]1(Cc2ccccc2)N[C@H](CN(C)C(=O)c2ccccc2)[C@@H]2C(=O)N(Cc3ccccc3)C(=O)[C@@H]21. The standard InChI is InChI=1S/C31H31N3O5/c1-33(27(35)23-16-10-5-11-17-23)20-24-25-26(29(37)34(28(25)36)19-22-14-8-4-9-15-22)31(32-24,30(38)39-2)18-21-12-6-3-7-13-21/h3-17,24-26,32H,18-20H2,1-2H3/t24-,25+,26-,31-/m1/s1. The molecule has 0 bridgehead atoms. The van der Waals surface area contributed by atoms with Gasteiger partial charge in [0.15, 0.2) is 0 Å². The Morgan fingerprint density at radius 2 is 1.44 bits per heavy atom. The number of ether oxygens (including phenoxy) is 1. The summed E-state index contributed by atoms with van der Waals surface area (Å²) in [6.45, 7) is 0.236. The zero-order valence-corrected chi connectivity index (χ0v) is 21.9. The van der Waals surface area contributed by atoms with Gasteiger partial charge in [-0.3, -0.25) is 29.4 Å². The molecule has 3 aromatic rings. The Hall–Kier alpha value is -4.30. The van der Waals surface area contributed by atoms with E-state index < -0.39 is 35.3 Å². The fraction of sp³-hybridized carbons (Fsp3) is 0.290.